The summed E-state index contributed by atoms with van der Waals surface area (Å²) in [4.78, 5) is 27.7. The van der Waals surface area contributed by atoms with Crippen LogP contribution in [-0.4, -0.2) is 76.9 Å². The van der Waals surface area contributed by atoms with Crippen LogP contribution in [0.4, 0.5) is 10.1 Å². The van der Waals surface area contributed by atoms with Gasteiger partial charge >= 0.3 is 5.97 Å². The number of nitrogens with zero attached hydrogens (tertiary/aromatic N) is 1. The largest absolute Gasteiger partial charge is 0.458 e. The smallest absolute Gasteiger partial charge is 0.303 e. The topological polar surface area (TPSA) is 167 Å². The number of nitrogens with one attached hydrogen (secondary N) is 1. The number of carbonyl (C=O) groups is 2. The Labute approximate surface area is 325 Å². The molecule has 0 aromatic heterocycles. The van der Waals surface area contributed by atoms with Gasteiger partial charge in [-0.05, 0) is 110 Å². The van der Waals surface area contributed by atoms with Crippen molar-refractivity contribution in [2.24, 2.45) is 17.8 Å². The van der Waals surface area contributed by atoms with Crippen LogP contribution in [0.1, 0.15) is 86.3 Å². The fraction of sp³-hybridized carbons (Fsp3) is 0.512. The number of sulfonamides is 1. The summed E-state index contributed by atoms with van der Waals surface area (Å²) in [6.07, 6.45) is 7.11. The monoisotopic (exact) mass is 802 g/mol. The number of benzene rings is 3. The SMILES string of the molecule is CC(=O)O[C@@H](CC[C@H]1C(=O)N(c2ccc(CCCC(CCS(C)(=O)=O)CNS(C)(=O)=O)cc2)[C@@H]1c1ccc(CCCC(CO)CO)cc1)c1ccc(F)cc1. The maximum atomic E-state index is 13.9. The maximum absolute atomic E-state index is 13.9. The number of halogens is 1. The van der Waals surface area contributed by atoms with E-state index >= 15 is 0 Å². The van der Waals surface area contributed by atoms with Gasteiger partial charge in [0.25, 0.3) is 0 Å². The van der Waals surface area contributed by atoms with E-state index in [0.717, 1.165) is 47.9 Å². The van der Waals surface area contributed by atoms with Crippen LogP contribution in [0.5, 0.6) is 0 Å². The number of aliphatic hydroxyl groups excluding tert-OH is 2. The lowest BCUT2D eigenvalue weighted by molar-refractivity contribution is -0.147. The van der Waals surface area contributed by atoms with Crippen molar-refractivity contribution in [3.8, 4) is 0 Å². The van der Waals surface area contributed by atoms with Crippen LogP contribution in [0.15, 0.2) is 72.8 Å². The minimum Gasteiger partial charge on any atom is -0.458 e. The number of amides is 1. The Bertz CT molecular complexity index is 1870. The summed E-state index contributed by atoms with van der Waals surface area (Å²) in [7, 11) is -6.60. The van der Waals surface area contributed by atoms with Gasteiger partial charge in [0.15, 0.2) is 0 Å². The van der Waals surface area contributed by atoms with Crippen molar-refractivity contribution in [3.63, 3.8) is 0 Å². The predicted molar refractivity (Wildman–Crippen MR) is 211 cm³/mol. The number of anilines is 1. The zero-order chi connectivity index (χ0) is 40.2. The number of rotatable bonds is 23. The highest BCUT2D eigenvalue weighted by Crippen LogP contribution is 2.46. The molecule has 0 saturated carbocycles. The van der Waals surface area contributed by atoms with E-state index < -0.39 is 43.7 Å². The van der Waals surface area contributed by atoms with Gasteiger partial charge in [-0.1, -0.05) is 48.5 Å². The molecule has 1 unspecified atom stereocenters. The van der Waals surface area contributed by atoms with E-state index in [1.54, 1.807) is 17.0 Å². The predicted octanol–water partition coefficient (Wildman–Crippen LogP) is 5.46. The molecule has 55 heavy (non-hydrogen) atoms. The van der Waals surface area contributed by atoms with Crippen LogP contribution in [0.25, 0.3) is 0 Å². The fourth-order valence-corrected chi connectivity index (χ4v) is 8.43. The lowest BCUT2D eigenvalue weighted by atomic mass is 9.78. The van der Waals surface area contributed by atoms with Crippen molar-refractivity contribution in [1.82, 2.24) is 4.72 Å². The third-order valence-corrected chi connectivity index (χ3v) is 11.9. The molecule has 3 aromatic carbocycles. The van der Waals surface area contributed by atoms with Gasteiger partial charge in [-0.2, -0.15) is 0 Å². The number of aliphatic hydroxyl groups is 2. The molecule has 0 radical (unpaired) electrons. The first kappa shape index (κ1) is 44.0. The summed E-state index contributed by atoms with van der Waals surface area (Å²) < 4.78 is 68.7. The molecule has 0 aliphatic carbocycles. The summed E-state index contributed by atoms with van der Waals surface area (Å²) in [5, 5.41) is 18.8. The van der Waals surface area contributed by atoms with Gasteiger partial charge in [0.2, 0.25) is 15.9 Å². The Morgan fingerprint density at radius 3 is 1.91 bits per heavy atom. The number of esters is 1. The highest BCUT2D eigenvalue weighted by molar-refractivity contribution is 7.90. The molecule has 11 nitrogen and oxygen atoms in total. The fourth-order valence-electron chi connectivity index (χ4n) is 7.13. The molecule has 3 aromatic rings. The highest BCUT2D eigenvalue weighted by Gasteiger charge is 2.48. The third-order valence-electron chi connectivity index (χ3n) is 10.2. The molecule has 1 saturated heterocycles. The van der Waals surface area contributed by atoms with Crippen LogP contribution < -0.4 is 9.62 Å². The Kier molecular flexibility index (Phi) is 16.4. The maximum Gasteiger partial charge on any atom is 0.303 e. The van der Waals surface area contributed by atoms with E-state index in [0.29, 0.717) is 44.1 Å². The standard InChI is InChI=1S/C41H55FN2O9S2/c1-29(47)53-39(34-16-18-36(42)19-17-34)23-22-38-40(35-14-10-30(11-15-35)7-5-9-33(27-45)28-46)44(41(38)48)37-20-12-31(13-21-37)6-4-8-32(24-25-54(2,49)50)26-43-55(3,51)52/h10-21,32-33,38-40,43,45-46H,4-9,22-28H2,1-3H3/t32?,38-,39+,40-/m1/s1. The quantitative estimate of drug-likeness (QED) is 0.0834. The van der Waals surface area contributed by atoms with Crippen molar-refractivity contribution in [2.45, 2.75) is 76.9 Å². The Hall–Kier alpha value is -3.69. The van der Waals surface area contributed by atoms with Gasteiger partial charge in [0.1, 0.15) is 21.8 Å². The summed E-state index contributed by atoms with van der Waals surface area (Å²) in [5.41, 5.74) is 4.47. The van der Waals surface area contributed by atoms with Crippen molar-refractivity contribution in [1.29, 1.82) is 0 Å². The molecule has 1 aliphatic rings. The van der Waals surface area contributed by atoms with Crippen molar-refractivity contribution in [3.05, 3.63) is 101 Å². The van der Waals surface area contributed by atoms with Crippen molar-refractivity contribution >= 4 is 37.4 Å². The molecule has 4 rings (SSSR count). The number of hydrogen-bond donors (Lipinski definition) is 3. The molecular weight excluding hydrogens is 748 g/mol. The molecule has 1 fully saturated rings. The minimum absolute atomic E-state index is 0.0150. The number of sulfone groups is 1. The van der Waals surface area contributed by atoms with E-state index in [-0.39, 0.29) is 49.3 Å². The second-order valence-electron chi connectivity index (χ2n) is 14.8. The summed E-state index contributed by atoms with van der Waals surface area (Å²) in [6.45, 7) is 1.39. The first-order valence-corrected chi connectivity index (χ1v) is 22.8. The summed E-state index contributed by atoms with van der Waals surface area (Å²) in [5.74, 6) is -1.62. The van der Waals surface area contributed by atoms with Crippen LogP contribution in [-0.2, 0) is 47.0 Å². The second kappa shape index (κ2) is 20.5. The number of ether oxygens (including phenoxy) is 1. The molecular formula is C41H55FN2O9S2. The van der Waals surface area contributed by atoms with E-state index in [1.807, 2.05) is 48.5 Å². The number of carbonyl (C=O) groups excluding carboxylic acids is 2. The Morgan fingerprint density at radius 1 is 0.818 bits per heavy atom. The Morgan fingerprint density at radius 2 is 1.38 bits per heavy atom. The average molecular weight is 803 g/mol. The third kappa shape index (κ3) is 14.1. The van der Waals surface area contributed by atoms with Crippen LogP contribution >= 0.6 is 0 Å². The van der Waals surface area contributed by atoms with Crippen molar-refractivity contribution in [2.75, 3.05) is 42.9 Å². The lowest BCUT2D eigenvalue weighted by Crippen LogP contribution is -2.55. The number of aryl methyl sites for hydroxylation is 2. The molecule has 4 atom stereocenters. The first-order chi connectivity index (χ1) is 26.1. The zero-order valence-corrected chi connectivity index (χ0v) is 33.5. The van der Waals surface area contributed by atoms with Gasteiger partial charge in [-0.15, -0.1) is 0 Å². The van der Waals surface area contributed by atoms with Gasteiger partial charge in [0, 0.05) is 44.5 Å². The highest BCUT2D eigenvalue weighted by atomic mass is 32.2. The molecule has 1 amide bonds. The lowest BCUT2D eigenvalue weighted by Gasteiger charge is -2.48. The average Bonchev–Trinajstić information content (AvgIpc) is 3.13. The minimum atomic E-state index is -3.41. The van der Waals surface area contributed by atoms with Crippen LogP contribution in [0.3, 0.4) is 0 Å². The molecule has 0 bridgehead atoms. The second-order valence-corrected chi connectivity index (χ2v) is 18.9. The summed E-state index contributed by atoms with van der Waals surface area (Å²) >= 11 is 0. The summed E-state index contributed by atoms with van der Waals surface area (Å²) in [6, 6.07) is 21.4. The van der Waals surface area contributed by atoms with Crippen LogP contribution in [0, 0.1) is 23.6 Å². The van der Waals surface area contributed by atoms with Gasteiger partial charge in [-0.3, -0.25) is 9.59 Å². The Balaban J connectivity index is 1.49. The van der Waals surface area contributed by atoms with E-state index in [9.17, 15) is 41.0 Å². The number of hydrogen-bond acceptors (Lipinski definition) is 9. The number of β-lactam (4-membered cyclic amide) rings is 1. The van der Waals surface area contributed by atoms with Gasteiger partial charge in [-0.25, -0.2) is 25.9 Å². The molecule has 1 heterocycles. The molecule has 1 aliphatic heterocycles. The van der Waals surface area contributed by atoms with Crippen molar-refractivity contribution < 1.29 is 45.8 Å². The molecule has 302 valence electrons. The van der Waals surface area contributed by atoms with E-state index in [4.69, 9.17) is 4.74 Å². The first-order valence-electron chi connectivity index (χ1n) is 18.8. The zero-order valence-electron chi connectivity index (χ0n) is 31.9. The molecule has 0 spiro atoms. The van der Waals surface area contributed by atoms with Gasteiger partial charge < -0.3 is 19.8 Å². The van der Waals surface area contributed by atoms with E-state index in [2.05, 4.69) is 4.72 Å². The molecule has 14 heteroatoms. The van der Waals surface area contributed by atoms with Gasteiger partial charge in [0.05, 0.1) is 24.0 Å². The van der Waals surface area contributed by atoms with E-state index in [1.165, 1.54) is 25.3 Å². The molecule has 3 N–H and O–H groups in total. The normalized spacial score (nSPS) is 17.2. The van der Waals surface area contributed by atoms with Crippen LogP contribution in [0.2, 0.25) is 0 Å².